The molecule has 0 bridgehead atoms. The lowest BCUT2D eigenvalue weighted by Gasteiger charge is -2.27. The summed E-state index contributed by atoms with van der Waals surface area (Å²) in [5, 5.41) is 57.8. The molecule has 0 heterocycles. The molecule has 0 saturated heterocycles. The molecular weight excluding hydrogens is 758 g/mol. The fourth-order valence-corrected chi connectivity index (χ4v) is 5.36. The van der Waals surface area contributed by atoms with Gasteiger partial charge in [-0.25, -0.2) is 4.79 Å². The second-order valence-corrected chi connectivity index (χ2v) is 13.2. The molecule has 4 amide bonds. The number of aliphatic carboxylic acids is 3. The molecule has 21 nitrogen and oxygen atoms in total. The zero-order chi connectivity index (χ0) is 43.1. The number of rotatable bonds is 22. The molecule has 2 rings (SSSR count). The van der Waals surface area contributed by atoms with Crippen LogP contribution in [0, 0.1) is 29.9 Å². The van der Waals surface area contributed by atoms with Crippen LogP contribution in [0.1, 0.15) is 66.6 Å². The van der Waals surface area contributed by atoms with E-state index in [-0.39, 0.29) is 11.1 Å². The third-order valence-corrected chi connectivity index (χ3v) is 8.27. The van der Waals surface area contributed by atoms with Crippen LogP contribution in [0.5, 0.6) is 5.75 Å². The number of phenolic OH excluding ortho intramolecular Hbond substituents is 1. The Labute approximate surface area is 324 Å². The van der Waals surface area contributed by atoms with Gasteiger partial charge in [0.1, 0.15) is 24.2 Å². The molecule has 0 aliphatic rings. The van der Waals surface area contributed by atoms with Crippen LogP contribution in [-0.2, 0) is 49.5 Å². The molecule has 0 aliphatic heterocycles. The molecule has 0 fully saturated rings. The molecular formula is C36H43N5O16. The molecule has 0 unspecified atom stereocenters. The molecule has 21 heteroatoms. The van der Waals surface area contributed by atoms with Crippen molar-refractivity contribution in [2.45, 2.75) is 84.0 Å². The Kier molecular flexibility index (Phi) is 17.2. The maximum Gasteiger partial charge on any atom is 0.339 e. The predicted octanol–water partition coefficient (Wildman–Crippen LogP) is 0.295. The maximum absolute atomic E-state index is 13.5. The van der Waals surface area contributed by atoms with E-state index in [9.17, 15) is 73.7 Å². The Hall–Kier alpha value is -6.93. The van der Waals surface area contributed by atoms with E-state index in [1.165, 1.54) is 19.9 Å². The summed E-state index contributed by atoms with van der Waals surface area (Å²) in [6.45, 7) is 5.27. The first kappa shape index (κ1) is 46.2. The lowest BCUT2D eigenvalue weighted by Crippen LogP contribution is -2.59. The van der Waals surface area contributed by atoms with E-state index in [1.54, 1.807) is 32.0 Å². The van der Waals surface area contributed by atoms with Gasteiger partial charge in [-0.1, -0.05) is 38.1 Å². The smallest absolute Gasteiger partial charge is 0.339 e. The molecule has 0 aliphatic carbocycles. The number of nitro benzene ring substituents is 1. The minimum absolute atomic E-state index is 0.00820. The van der Waals surface area contributed by atoms with Gasteiger partial charge in [0, 0.05) is 12.5 Å². The number of ketones is 1. The first-order valence-electron chi connectivity index (χ1n) is 17.2. The number of benzene rings is 2. The number of aromatic hydroxyl groups is 1. The number of hydrogen-bond acceptors (Lipinski definition) is 13. The Morgan fingerprint density at radius 2 is 1.32 bits per heavy atom. The molecule has 4 atom stereocenters. The Balaban J connectivity index is 2.24. The van der Waals surface area contributed by atoms with Crippen molar-refractivity contribution >= 4 is 59.0 Å². The van der Waals surface area contributed by atoms with Crippen LogP contribution in [0.25, 0.3) is 0 Å². The van der Waals surface area contributed by atoms with Crippen molar-refractivity contribution in [3.8, 4) is 5.75 Å². The fraction of sp³-hybridized carbons (Fsp3) is 0.417. The summed E-state index contributed by atoms with van der Waals surface area (Å²) in [4.78, 5) is 124. The lowest BCUT2D eigenvalue weighted by molar-refractivity contribution is -0.385. The van der Waals surface area contributed by atoms with Gasteiger partial charge in [-0.2, -0.15) is 0 Å². The number of carbonyl (C=O) groups excluding carboxylic acids is 6. The average Bonchev–Trinajstić information content (AvgIpc) is 3.10. The summed E-state index contributed by atoms with van der Waals surface area (Å²) in [6, 6.07) is 1.10. The quantitative estimate of drug-likeness (QED) is 0.0451. The van der Waals surface area contributed by atoms with Crippen molar-refractivity contribution in [3.63, 3.8) is 0 Å². The molecule has 308 valence electrons. The van der Waals surface area contributed by atoms with Gasteiger partial charge in [-0.15, -0.1) is 0 Å². The zero-order valence-corrected chi connectivity index (χ0v) is 31.2. The number of phenols is 1. The Morgan fingerprint density at radius 1 is 0.754 bits per heavy atom. The first-order chi connectivity index (χ1) is 26.6. The van der Waals surface area contributed by atoms with E-state index in [1.807, 2.05) is 0 Å². The van der Waals surface area contributed by atoms with Crippen LogP contribution in [0.15, 0.2) is 36.4 Å². The molecule has 57 heavy (non-hydrogen) atoms. The Morgan fingerprint density at radius 3 is 1.86 bits per heavy atom. The van der Waals surface area contributed by atoms with Crippen molar-refractivity contribution in [2.75, 3.05) is 6.61 Å². The minimum atomic E-state index is -1.86. The standard InChI is InChI=1S/C36H43N5O16/c1-17(2)32(35(53)39-22(14-29(47)48)26(43)16-57-36(54)31-18(3)6-5-7-19(31)4)40-33(51)21(9-11-28(45)46)38-34(52)23(15-30(49)50)37-27(44)13-20-8-10-25(42)24(12-20)41(55)56/h5-8,10,12,17,21-23,32,42H,9,11,13-16H2,1-4H3,(H,37,44)(H,38,52)(H,39,53)(H,40,51)(H,45,46)(H,47,48)(H,49,50)/t21-,22-,23-,32-/m0/s1. The highest BCUT2D eigenvalue weighted by atomic mass is 16.6. The SMILES string of the molecule is Cc1cccc(C)c1C(=O)OCC(=O)[C@H](CC(=O)O)NC(=O)[C@@H](NC(=O)[C@H](CCC(=O)O)NC(=O)[C@H](CC(=O)O)NC(=O)Cc1ccc(O)c([N+](=O)[O-])c1)C(C)C. The van der Waals surface area contributed by atoms with E-state index >= 15 is 0 Å². The number of aryl methyl sites for hydroxylation is 2. The van der Waals surface area contributed by atoms with Crippen LogP contribution in [0.2, 0.25) is 0 Å². The number of carbonyl (C=O) groups is 9. The van der Waals surface area contributed by atoms with Crippen LogP contribution >= 0.6 is 0 Å². The second-order valence-electron chi connectivity index (χ2n) is 13.2. The van der Waals surface area contributed by atoms with E-state index in [0.29, 0.717) is 11.1 Å². The topological polar surface area (TPSA) is 335 Å². The van der Waals surface area contributed by atoms with Gasteiger partial charge in [0.15, 0.2) is 18.1 Å². The second kappa shape index (κ2) is 21.2. The van der Waals surface area contributed by atoms with Gasteiger partial charge >= 0.3 is 29.6 Å². The molecule has 2 aromatic rings. The van der Waals surface area contributed by atoms with Crippen LogP contribution < -0.4 is 21.3 Å². The number of ether oxygens (including phenoxy) is 1. The predicted molar refractivity (Wildman–Crippen MR) is 194 cm³/mol. The fourth-order valence-electron chi connectivity index (χ4n) is 5.36. The summed E-state index contributed by atoms with van der Waals surface area (Å²) >= 11 is 0. The van der Waals surface area contributed by atoms with Gasteiger partial charge in [0.05, 0.1) is 29.7 Å². The van der Waals surface area contributed by atoms with Gasteiger partial charge in [0.25, 0.3) is 0 Å². The molecule has 8 N–H and O–H groups in total. The zero-order valence-electron chi connectivity index (χ0n) is 31.2. The largest absolute Gasteiger partial charge is 0.502 e. The molecule has 2 aromatic carbocycles. The highest BCUT2D eigenvalue weighted by molar-refractivity contribution is 5.99. The number of Topliss-reactive ketones (excluding diaryl/α,β-unsaturated/α-hetero) is 1. The number of nitrogens with one attached hydrogen (secondary N) is 4. The number of esters is 1. The van der Waals surface area contributed by atoms with Crippen molar-refractivity contribution in [3.05, 3.63) is 68.8 Å². The van der Waals surface area contributed by atoms with E-state index in [4.69, 9.17) is 4.74 Å². The van der Waals surface area contributed by atoms with Crippen molar-refractivity contribution in [1.29, 1.82) is 0 Å². The summed E-state index contributed by atoms with van der Waals surface area (Å²) in [7, 11) is 0. The summed E-state index contributed by atoms with van der Waals surface area (Å²) in [5.41, 5.74) is 0.585. The number of nitro groups is 1. The van der Waals surface area contributed by atoms with Crippen LogP contribution in [0.4, 0.5) is 5.69 Å². The molecule has 0 aromatic heterocycles. The minimum Gasteiger partial charge on any atom is -0.502 e. The number of carboxylic acid groups (broad SMARTS) is 3. The van der Waals surface area contributed by atoms with Gasteiger partial charge < -0.3 is 46.4 Å². The molecule has 0 radical (unpaired) electrons. The van der Waals surface area contributed by atoms with E-state index < -0.39 is 138 Å². The third kappa shape index (κ3) is 14.7. The van der Waals surface area contributed by atoms with Crippen molar-refractivity contribution in [2.24, 2.45) is 5.92 Å². The summed E-state index contributed by atoms with van der Waals surface area (Å²) in [5.74, 6) is -12.3. The number of amides is 4. The number of hydrogen-bond donors (Lipinski definition) is 8. The first-order valence-corrected chi connectivity index (χ1v) is 17.2. The van der Waals surface area contributed by atoms with E-state index in [2.05, 4.69) is 21.3 Å². The number of carboxylic acids is 3. The highest BCUT2D eigenvalue weighted by Crippen LogP contribution is 2.26. The maximum atomic E-state index is 13.5. The van der Waals surface area contributed by atoms with Crippen molar-refractivity contribution < 1.29 is 73.2 Å². The monoisotopic (exact) mass is 801 g/mol. The van der Waals surface area contributed by atoms with Gasteiger partial charge in [0.2, 0.25) is 23.6 Å². The Bertz CT molecular complexity index is 1890. The summed E-state index contributed by atoms with van der Waals surface area (Å²) in [6.07, 6.45) is -3.91. The lowest BCUT2D eigenvalue weighted by atomic mass is 10.0. The van der Waals surface area contributed by atoms with Crippen molar-refractivity contribution in [1.82, 2.24) is 21.3 Å². The van der Waals surface area contributed by atoms with Crippen LogP contribution in [-0.4, -0.2) is 109 Å². The number of nitrogens with zero attached hydrogens (tertiary/aromatic N) is 1. The normalized spacial score (nSPS) is 12.9. The van der Waals surface area contributed by atoms with Crippen LogP contribution in [0.3, 0.4) is 0 Å². The molecule has 0 spiro atoms. The van der Waals surface area contributed by atoms with Gasteiger partial charge in [-0.3, -0.25) is 48.5 Å². The van der Waals surface area contributed by atoms with Gasteiger partial charge in [-0.05, 0) is 48.9 Å². The van der Waals surface area contributed by atoms with E-state index in [0.717, 1.165) is 12.1 Å². The highest BCUT2D eigenvalue weighted by Gasteiger charge is 2.34. The summed E-state index contributed by atoms with van der Waals surface area (Å²) < 4.78 is 5.11. The third-order valence-electron chi connectivity index (χ3n) is 8.27. The molecule has 0 saturated carbocycles. The average molecular weight is 802 g/mol.